The van der Waals surface area contributed by atoms with E-state index in [1.165, 1.54) is 49.8 Å². The van der Waals surface area contributed by atoms with E-state index in [4.69, 9.17) is 4.74 Å². The first-order valence-corrected chi connectivity index (χ1v) is 16.2. The van der Waals surface area contributed by atoms with Gasteiger partial charge in [0.05, 0.1) is 7.11 Å². The molecule has 1 N–H and O–H groups in total. The number of phenols is 1. The number of carbonyl (C=O) groups excluding carboxylic acids is 1. The van der Waals surface area contributed by atoms with E-state index in [9.17, 15) is 9.90 Å². The minimum Gasteiger partial charge on any atom is -0.508 e. The zero-order valence-corrected chi connectivity index (χ0v) is 25.7. The van der Waals surface area contributed by atoms with E-state index in [-0.39, 0.29) is 11.7 Å². The van der Waals surface area contributed by atoms with Gasteiger partial charge in [-0.2, -0.15) is 0 Å². The van der Waals surface area contributed by atoms with E-state index >= 15 is 0 Å². The molecule has 4 aliphatic carbocycles. The van der Waals surface area contributed by atoms with Gasteiger partial charge >= 0.3 is 0 Å². The fourth-order valence-electron chi connectivity index (χ4n) is 9.24. The third kappa shape index (κ3) is 5.86. The van der Waals surface area contributed by atoms with Gasteiger partial charge in [-0.3, -0.25) is 9.69 Å². The molecule has 3 aromatic carbocycles. The van der Waals surface area contributed by atoms with Crippen LogP contribution < -0.4 is 9.64 Å². The molecular formula is C37H45N3O3. The van der Waals surface area contributed by atoms with Crippen LogP contribution in [-0.4, -0.2) is 67.7 Å². The number of phenolic OH excluding ortho intramolecular Hbond substituents is 1. The van der Waals surface area contributed by atoms with E-state index in [1.807, 2.05) is 36.2 Å². The second kappa shape index (κ2) is 11.5. The third-order valence-corrected chi connectivity index (χ3v) is 10.8. The lowest BCUT2D eigenvalue weighted by atomic mass is 9.49. The van der Waals surface area contributed by atoms with Crippen LogP contribution in [0.15, 0.2) is 66.7 Å². The standard InChI is InChI=1S/C37H45N3O3/c1-38(25-37-21-26-16-27(22-37)18-28(17-26)23-37)36(42)29-8-10-33(11-9-29)40-14-12-39(13-15-40)24-32-7-6-31(20-35(32)43-2)30-4-3-5-34(41)19-30/h3-11,19-20,26-28,41H,12-18,21-25H2,1-2H3. The molecule has 0 aromatic heterocycles. The molecule has 0 atom stereocenters. The Bertz CT molecular complexity index is 1420. The largest absolute Gasteiger partial charge is 0.508 e. The number of benzene rings is 3. The number of hydrogen-bond acceptors (Lipinski definition) is 5. The number of nitrogens with zero attached hydrogens (tertiary/aromatic N) is 3. The minimum atomic E-state index is 0.163. The Labute approximate surface area is 256 Å². The van der Waals surface area contributed by atoms with Gasteiger partial charge in [0.15, 0.2) is 0 Å². The highest BCUT2D eigenvalue weighted by Gasteiger charge is 2.51. The maximum atomic E-state index is 13.4. The van der Waals surface area contributed by atoms with E-state index in [0.29, 0.717) is 5.41 Å². The average molecular weight is 580 g/mol. The van der Waals surface area contributed by atoms with Gasteiger partial charge in [0.2, 0.25) is 0 Å². The summed E-state index contributed by atoms with van der Waals surface area (Å²) in [5.74, 6) is 4.03. The Kier molecular flexibility index (Phi) is 7.58. The van der Waals surface area contributed by atoms with E-state index in [2.05, 4.69) is 40.1 Å². The number of rotatable bonds is 8. The van der Waals surface area contributed by atoms with Gasteiger partial charge in [-0.05, 0) is 115 Å². The Morgan fingerprint density at radius 3 is 2.16 bits per heavy atom. The monoisotopic (exact) mass is 579 g/mol. The highest BCUT2D eigenvalue weighted by atomic mass is 16.5. The quantitative estimate of drug-likeness (QED) is 0.323. The first-order chi connectivity index (χ1) is 20.9. The molecule has 0 radical (unpaired) electrons. The summed E-state index contributed by atoms with van der Waals surface area (Å²) in [6.45, 7) is 5.58. The number of hydrogen-bond donors (Lipinski definition) is 1. The van der Waals surface area contributed by atoms with Crippen LogP contribution >= 0.6 is 0 Å². The molecule has 5 aliphatic rings. The van der Waals surface area contributed by atoms with Crippen molar-refractivity contribution in [1.29, 1.82) is 0 Å². The van der Waals surface area contributed by atoms with E-state index < -0.39 is 0 Å². The lowest BCUT2D eigenvalue weighted by Crippen LogP contribution is -2.51. The second-order valence-electron chi connectivity index (χ2n) is 14.0. The maximum Gasteiger partial charge on any atom is 0.253 e. The van der Waals surface area contributed by atoms with Crippen molar-refractivity contribution in [2.45, 2.75) is 45.1 Å². The van der Waals surface area contributed by atoms with Crippen LogP contribution in [0.5, 0.6) is 11.5 Å². The molecular weight excluding hydrogens is 534 g/mol. The van der Waals surface area contributed by atoms with Crippen LogP contribution in [0.4, 0.5) is 5.69 Å². The van der Waals surface area contributed by atoms with Gasteiger partial charge in [-0.15, -0.1) is 0 Å². The normalized spacial score (nSPS) is 26.5. The number of methoxy groups -OCH3 is 1. The van der Waals surface area contributed by atoms with Crippen LogP contribution in [0.1, 0.15) is 54.4 Å². The maximum absolute atomic E-state index is 13.4. The van der Waals surface area contributed by atoms with Crippen molar-refractivity contribution in [1.82, 2.24) is 9.80 Å². The molecule has 3 aromatic rings. The fraction of sp³-hybridized carbons (Fsp3) is 0.486. The summed E-state index contributed by atoms with van der Waals surface area (Å²) in [6, 6.07) is 21.9. The van der Waals surface area contributed by atoms with Crippen molar-refractivity contribution in [2.24, 2.45) is 23.2 Å². The summed E-state index contributed by atoms with van der Waals surface area (Å²) in [5, 5.41) is 9.87. The van der Waals surface area contributed by atoms with Gasteiger partial charge in [-0.1, -0.05) is 24.3 Å². The number of aromatic hydroxyl groups is 1. The van der Waals surface area contributed by atoms with Gasteiger partial charge in [-0.25, -0.2) is 0 Å². The molecule has 5 fully saturated rings. The van der Waals surface area contributed by atoms with Gasteiger partial charge in [0.1, 0.15) is 11.5 Å². The number of anilines is 1. The van der Waals surface area contributed by atoms with Crippen LogP contribution in [0, 0.1) is 23.2 Å². The first kappa shape index (κ1) is 28.3. The predicted octanol–water partition coefficient (Wildman–Crippen LogP) is 6.68. The van der Waals surface area contributed by atoms with E-state index in [1.54, 1.807) is 19.2 Å². The number of piperazine rings is 1. The van der Waals surface area contributed by atoms with Crippen molar-refractivity contribution < 1.29 is 14.6 Å². The predicted molar refractivity (Wildman–Crippen MR) is 172 cm³/mol. The molecule has 4 bridgehead atoms. The van der Waals surface area contributed by atoms with Gasteiger partial charge in [0, 0.05) is 63.1 Å². The fourth-order valence-corrected chi connectivity index (χ4v) is 9.24. The Morgan fingerprint density at radius 2 is 1.53 bits per heavy atom. The third-order valence-electron chi connectivity index (χ3n) is 10.8. The van der Waals surface area contributed by atoms with Crippen molar-refractivity contribution in [3.63, 3.8) is 0 Å². The summed E-state index contributed by atoms with van der Waals surface area (Å²) in [5.41, 5.74) is 5.53. The Morgan fingerprint density at radius 1 is 0.884 bits per heavy atom. The molecule has 0 unspecified atom stereocenters. The van der Waals surface area contributed by atoms with Crippen LogP contribution in [0.2, 0.25) is 0 Å². The SMILES string of the molecule is COc1cc(-c2cccc(O)c2)ccc1CN1CCN(c2ccc(C(=O)N(C)CC34CC5CC(CC(C5)C3)C4)cc2)CC1. The highest BCUT2D eigenvalue weighted by molar-refractivity contribution is 5.94. The molecule has 0 spiro atoms. The van der Waals surface area contributed by atoms with Gasteiger partial charge in [0.25, 0.3) is 5.91 Å². The zero-order valence-electron chi connectivity index (χ0n) is 25.7. The molecule has 8 rings (SSSR count). The van der Waals surface area contributed by atoms with E-state index in [0.717, 1.165) is 79.5 Å². The molecule has 226 valence electrons. The summed E-state index contributed by atoms with van der Waals surface area (Å²) in [7, 11) is 3.74. The van der Waals surface area contributed by atoms with Crippen LogP contribution in [-0.2, 0) is 6.54 Å². The van der Waals surface area contributed by atoms with Crippen molar-refractivity contribution >= 4 is 11.6 Å². The summed E-state index contributed by atoms with van der Waals surface area (Å²) < 4.78 is 5.75. The number of ether oxygens (including phenoxy) is 1. The first-order valence-electron chi connectivity index (χ1n) is 16.2. The van der Waals surface area contributed by atoms with Gasteiger partial charge < -0.3 is 19.6 Å². The molecule has 1 amide bonds. The number of amides is 1. The molecule has 6 heteroatoms. The summed E-state index contributed by atoms with van der Waals surface area (Å²) in [4.78, 5) is 20.3. The van der Waals surface area contributed by atoms with Crippen molar-refractivity contribution in [2.75, 3.05) is 51.8 Å². The smallest absolute Gasteiger partial charge is 0.253 e. The molecule has 1 heterocycles. The van der Waals surface area contributed by atoms with Crippen molar-refractivity contribution in [3.05, 3.63) is 77.9 Å². The summed E-state index contributed by atoms with van der Waals surface area (Å²) in [6.07, 6.45) is 8.32. The molecule has 1 saturated heterocycles. The Hall–Kier alpha value is -3.51. The zero-order chi connectivity index (χ0) is 29.6. The van der Waals surface area contributed by atoms with Crippen molar-refractivity contribution in [3.8, 4) is 22.6 Å². The van der Waals surface area contributed by atoms with Crippen LogP contribution in [0.3, 0.4) is 0 Å². The summed E-state index contributed by atoms with van der Waals surface area (Å²) >= 11 is 0. The lowest BCUT2D eigenvalue weighted by molar-refractivity contribution is -0.0629. The number of carbonyl (C=O) groups is 1. The topological polar surface area (TPSA) is 56.3 Å². The molecule has 4 saturated carbocycles. The lowest BCUT2D eigenvalue weighted by Gasteiger charge is -2.57. The molecule has 43 heavy (non-hydrogen) atoms. The highest BCUT2D eigenvalue weighted by Crippen LogP contribution is 2.60. The molecule has 1 aliphatic heterocycles. The minimum absolute atomic E-state index is 0.163. The molecule has 6 nitrogen and oxygen atoms in total. The second-order valence-corrected chi connectivity index (χ2v) is 14.0. The Balaban J connectivity index is 0.933. The average Bonchev–Trinajstić information content (AvgIpc) is 3.00. The van der Waals surface area contributed by atoms with Crippen LogP contribution in [0.25, 0.3) is 11.1 Å².